The molecule has 3 aromatic rings. The van der Waals surface area contributed by atoms with E-state index in [0.717, 1.165) is 48.9 Å². The van der Waals surface area contributed by atoms with Crippen LogP contribution in [0.5, 0.6) is 5.75 Å². The Morgan fingerprint density at radius 2 is 1.88 bits per heavy atom. The second-order valence-electron chi connectivity index (χ2n) is 7.46. The van der Waals surface area contributed by atoms with E-state index in [-0.39, 0.29) is 11.7 Å². The van der Waals surface area contributed by atoms with Crippen molar-refractivity contribution in [1.29, 1.82) is 0 Å². The first-order valence-electron chi connectivity index (χ1n) is 10.6. The van der Waals surface area contributed by atoms with Gasteiger partial charge in [-0.2, -0.15) is 0 Å². The highest BCUT2D eigenvalue weighted by Gasteiger charge is 2.23. The first-order valence-corrected chi connectivity index (χ1v) is 12.0. The number of carbonyl (C=O) groups excluding carboxylic acids is 1. The van der Waals surface area contributed by atoms with Crippen LogP contribution in [0.15, 0.2) is 53.7 Å². The Morgan fingerprint density at radius 3 is 2.66 bits per heavy atom. The molecule has 7 nitrogen and oxygen atoms in total. The molecule has 0 unspecified atom stereocenters. The van der Waals surface area contributed by atoms with E-state index in [0.29, 0.717) is 23.1 Å². The highest BCUT2D eigenvalue weighted by molar-refractivity contribution is 7.99. The molecule has 1 saturated heterocycles. The summed E-state index contributed by atoms with van der Waals surface area (Å²) in [7, 11) is 1.65. The van der Waals surface area contributed by atoms with Gasteiger partial charge in [0.15, 0.2) is 5.16 Å². The van der Waals surface area contributed by atoms with Gasteiger partial charge in [-0.1, -0.05) is 53.7 Å². The average molecular weight is 472 g/mol. The summed E-state index contributed by atoms with van der Waals surface area (Å²) in [4.78, 5) is 14.7. The molecule has 4 rings (SSSR count). The topological polar surface area (TPSA) is 72.3 Å². The Balaban J connectivity index is 1.41. The highest BCUT2D eigenvalue weighted by atomic mass is 35.5. The number of amides is 1. The van der Waals surface area contributed by atoms with Gasteiger partial charge in [0.05, 0.1) is 23.6 Å². The van der Waals surface area contributed by atoms with Gasteiger partial charge in [0.2, 0.25) is 11.9 Å². The number of rotatable bonds is 9. The number of para-hydroxylation sites is 2. The fraction of sp³-hybridized carbons (Fsp3) is 0.348. The van der Waals surface area contributed by atoms with E-state index < -0.39 is 0 Å². The van der Waals surface area contributed by atoms with E-state index in [9.17, 15) is 4.79 Å². The molecule has 1 N–H and O–H groups in total. The number of anilines is 1. The highest BCUT2D eigenvalue weighted by Crippen LogP contribution is 2.31. The average Bonchev–Trinajstić information content (AvgIpc) is 3.48. The predicted molar refractivity (Wildman–Crippen MR) is 128 cm³/mol. The molecule has 0 aliphatic carbocycles. The molecule has 1 fully saturated rings. The Bertz CT molecular complexity index is 1070. The van der Waals surface area contributed by atoms with Crippen molar-refractivity contribution in [2.75, 3.05) is 37.4 Å². The van der Waals surface area contributed by atoms with Crippen molar-refractivity contribution in [3.05, 3.63) is 59.1 Å². The molecule has 0 bridgehead atoms. The molecule has 0 saturated carbocycles. The lowest BCUT2D eigenvalue weighted by molar-refractivity contribution is -0.118. The second-order valence-corrected chi connectivity index (χ2v) is 8.81. The molecule has 0 atom stereocenters. The molecule has 1 aliphatic heterocycles. The number of nitrogens with one attached hydrogen (secondary N) is 1. The second kappa shape index (κ2) is 10.7. The molecule has 1 amide bonds. The van der Waals surface area contributed by atoms with Crippen LogP contribution in [0.3, 0.4) is 0 Å². The smallest absolute Gasteiger partial charge is 0.232 e. The van der Waals surface area contributed by atoms with Crippen molar-refractivity contribution in [3.63, 3.8) is 0 Å². The molecule has 32 heavy (non-hydrogen) atoms. The molecule has 9 heteroatoms. The first kappa shape index (κ1) is 22.5. The number of methoxy groups -OCH3 is 1. The molecule has 168 valence electrons. The van der Waals surface area contributed by atoms with Crippen LogP contribution in [0.1, 0.15) is 18.4 Å². The van der Waals surface area contributed by atoms with Crippen LogP contribution in [0.2, 0.25) is 5.02 Å². The Labute approximate surface area is 197 Å². The number of thioether (sulfide) groups is 1. The van der Waals surface area contributed by atoms with Gasteiger partial charge in [0.25, 0.3) is 0 Å². The quantitative estimate of drug-likeness (QED) is 0.476. The third-order valence-electron chi connectivity index (χ3n) is 5.34. The summed E-state index contributed by atoms with van der Waals surface area (Å²) < 4.78 is 7.33. The number of hydrogen-bond donors (Lipinski definition) is 1. The van der Waals surface area contributed by atoms with E-state index in [1.165, 1.54) is 11.8 Å². The molecule has 0 radical (unpaired) electrons. The lowest BCUT2D eigenvalue weighted by Crippen LogP contribution is -2.27. The van der Waals surface area contributed by atoms with Crippen LogP contribution in [-0.4, -0.2) is 53.2 Å². The monoisotopic (exact) mass is 471 g/mol. The maximum absolute atomic E-state index is 12.5. The van der Waals surface area contributed by atoms with Crippen molar-refractivity contribution in [1.82, 2.24) is 20.1 Å². The Hall–Kier alpha value is -2.71. The summed E-state index contributed by atoms with van der Waals surface area (Å²) in [6.07, 6.45) is 2.97. The van der Waals surface area contributed by atoms with Gasteiger partial charge in [-0.15, -0.1) is 10.2 Å². The van der Waals surface area contributed by atoms with Crippen molar-refractivity contribution in [3.8, 4) is 11.4 Å². The van der Waals surface area contributed by atoms with E-state index in [4.69, 9.17) is 16.3 Å². The summed E-state index contributed by atoms with van der Waals surface area (Å²) in [6.45, 7) is 2.42. The Kier molecular flexibility index (Phi) is 7.55. The molecule has 0 spiro atoms. The number of nitrogens with zero attached hydrogens (tertiary/aromatic N) is 4. The van der Waals surface area contributed by atoms with E-state index in [2.05, 4.69) is 20.4 Å². The summed E-state index contributed by atoms with van der Waals surface area (Å²) >= 11 is 7.85. The molecule has 2 heterocycles. The number of hydrogen-bond acceptors (Lipinski definition) is 6. The number of halogens is 1. The zero-order chi connectivity index (χ0) is 22.3. The molecular weight excluding hydrogens is 446 g/mol. The SMILES string of the molecule is COc1ccccc1CCNC(=O)CSc1nnc(N2CCCC2)n1-c1ccccc1Cl. The lowest BCUT2D eigenvalue weighted by Gasteiger charge is -2.19. The first-order chi connectivity index (χ1) is 15.7. The van der Waals surface area contributed by atoms with Crippen LogP contribution < -0.4 is 15.0 Å². The number of aromatic nitrogens is 3. The minimum absolute atomic E-state index is 0.0543. The third-order valence-corrected chi connectivity index (χ3v) is 6.59. The van der Waals surface area contributed by atoms with Crippen LogP contribution >= 0.6 is 23.4 Å². The van der Waals surface area contributed by atoms with Crippen molar-refractivity contribution in [2.45, 2.75) is 24.4 Å². The van der Waals surface area contributed by atoms with Gasteiger partial charge in [0, 0.05) is 19.6 Å². The maximum Gasteiger partial charge on any atom is 0.232 e. The van der Waals surface area contributed by atoms with Crippen LogP contribution in [0, 0.1) is 0 Å². The minimum atomic E-state index is -0.0543. The van der Waals surface area contributed by atoms with Crippen LogP contribution in [-0.2, 0) is 11.2 Å². The van der Waals surface area contributed by atoms with Gasteiger partial charge in [-0.05, 0) is 43.0 Å². The fourth-order valence-electron chi connectivity index (χ4n) is 3.75. The number of carbonyl (C=O) groups is 1. The summed E-state index contributed by atoms with van der Waals surface area (Å²) in [5, 5.41) is 13.1. The van der Waals surface area contributed by atoms with E-state index in [1.54, 1.807) is 7.11 Å². The predicted octanol–water partition coefficient (Wildman–Crippen LogP) is 3.98. The summed E-state index contributed by atoms with van der Waals surface area (Å²) in [5.41, 5.74) is 1.89. The minimum Gasteiger partial charge on any atom is -0.496 e. The molecule has 1 aliphatic rings. The lowest BCUT2D eigenvalue weighted by atomic mass is 10.1. The zero-order valence-electron chi connectivity index (χ0n) is 18.0. The maximum atomic E-state index is 12.5. The van der Waals surface area contributed by atoms with Crippen LogP contribution in [0.4, 0.5) is 5.95 Å². The zero-order valence-corrected chi connectivity index (χ0v) is 19.5. The molecular formula is C23H26ClN5O2S. The van der Waals surface area contributed by atoms with Crippen molar-refractivity contribution < 1.29 is 9.53 Å². The van der Waals surface area contributed by atoms with E-state index >= 15 is 0 Å². The molecule has 1 aromatic heterocycles. The van der Waals surface area contributed by atoms with Gasteiger partial charge < -0.3 is 15.0 Å². The van der Waals surface area contributed by atoms with Crippen molar-refractivity contribution in [2.24, 2.45) is 0 Å². The normalized spacial score (nSPS) is 13.4. The summed E-state index contributed by atoms with van der Waals surface area (Å²) in [6, 6.07) is 15.5. The summed E-state index contributed by atoms with van der Waals surface area (Å²) in [5.74, 6) is 1.79. The largest absolute Gasteiger partial charge is 0.496 e. The Morgan fingerprint density at radius 1 is 1.12 bits per heavy atom. The van der Waals surface area contributed by atoms with Gasteiger partial charge >= 0.3 is 0 Å². The fourth-order valence-corrected chi connectivity index (χ4v) is 4.74. The molecule has 2 aromatic carbocycles. The van der Waals surface area contributed by atoms with Gasteiger partial charge in [-0.25, -0.2) is 0 Å². The van der Waals surface area contributed by atoms with Crippen LogP contribution in [0.25, 0.3) is 5.69 Å². The van der Waals surface area contributed by atoms with Crippen molar-refractivity contribution >= 4 is 35.2 Å². The van der Waals surface area contributed by atoms with Gasteiger partial charge in [0.1, 0.15) is 5.75 Å². The van der Waals surface area contributed by atoms with E-state index in [1.807, 2.05) is 53.1 Å². The third kappa shape index (κ3) is 5.19. The number of benzene rings is 2. The standard InChI is InChI=1S/C23H26ClN5O2S/c1-31-20-11-5-2-8-17(20)12-13-25-21(30)16-32-23-27-26-22(28-14-6-7-15-28)29(23)19-10-4-3-9-18(19)24/h2-5,8-11H,6-7,12-16H2,1H3,(H,25,30). The van der Waals surface area contributed by atoms with Gasteiger partial charge in [-0.3, -0.25) is 9.36 Å². The number of ether oxygens (including phenoxy) is 1.